The average Bonchev–Trinajstić information content (AvgIpc) is 2.73. The Morgan fingerprint density at radius 3 is 2.63 bits per heavy atom. The fraction of sp³-hybridized carbons (Fsp3) is 0.600. The van der Waals surface area contributed by atoms with Crippen molar-refractivity contribution in [2.24, 2.45) is 0 Å². The summed E-state index contributed by atoms with van der Waals surface area (Å²) in [6.45, 7) is 3.49. The van der Waals surface area contributed by atoms with Crippen molar-refractivity contribution in [2.75, 3.05) is 12.4 Å². The van der Waals surface area contributed by atoms with E-state index in [0.717, 1.165) is 11.3 Å². The van der Waals surface area contributed by atoms with Gasteiger partial charge in [-0.05, 0) is 31.6 Å². The number of ether oxygens (including phenoxy) is 1. The molecule has 106 valence electrons. The monoisotopic (exact) mass is 288 g/mol. The number of carbonyl (C=O) groups is 2. The molecule has 8 nitrogen and oxygen atoms in total. The van der Waals surface area contributed by atoms with Gasteiger partial charge in [0, 0.05) is 12.0 Å². The molecule has 9 heteroatoms. The lowest BCUT2D eigenvalue weighted by Gasteiger charge is -2.25. The van der Waals surface area contributed by atoms with Gasteiger partial charge in [-0.15, -0.1) is 5.10 Å². The summed E-state index contributed by atoms with van der Waals surface area (Å²) in [5.74, 6) is -0.899. The van der Waals surface area contributed by atoms with E-state index in [0.29, 0.717) is 16.7 Å². The van der Waals surface area contributed by atoms with Crippen LogP contribution in [0.2, 0.25) is 0 Å². The van der Waals surface area contributed by atoms with Gasteiger partial charge in [0.05, 0.1) is 7.11 Å². The number of rotatable bonds is 6. The Bertz CT molecular complexity index is 460. The van der Waals surface area contributed by atoms with E-state index in [-0.39, 0.29) is 6.42 Å². The highest BCUT2D eigenvalue weighted by molar-refractivity contribution is 7.17. The second kappa shape index (κ2) is 6.32. The molecular weight excluding hydrogens is 272 g/mol. The first-order valence-electron chi connectivity index (χ1n) is 5.51. The van der Waals surface area contributed by atoms with Crippen molar-refractivity contribution >= 4 is 28.5 Å². The molecule has 0 aliphatic heterocycles. The molecule has 0 radical (unpaired) electrons. The van der Waals surface area contributed by atoms with E-state index in [1.165, 1.54) is 7.11 Å². The number of nitrogens with one attached hydrogen (secondary N) is 2. The second-order valence-corrected chi connectivity index (χ2v) is 5.37. The summed E-state index contributed by atoms with van der Waals surface area (Å²) < 4.78 is 4.85. The van der Waals surface area contributed by atoms with Gasteiger partial charge in [0.1, 0.15) is 0 Å². The van der Waals surface area contributed by atoms with Crippen LogP contribution in [0.4, 0.5) is 9.93 Å². The van der Waals surface area contributed by atoms with Crippen molar-refractivity contribution in [1.82, 2.24) is 15.5 Å². The highest BCUT2D eigenvalue weighted by Crippen LogP contribution is 2.21. The molecule has 0 saturated carbocycles. The van der Waals surface area contributed by atoms with E-state index in [9.17, 15) is 9.59 Å². The van der Waals surface area contributed by atoms with Crippen LogP contribution in [0.15, 0.2) is 0 Å². The molecule has 0 saturated heterocycles. The number of anilines is 1. The second-order valence-electron chi connectivity index (χ2n) is 4.43. The number of carbonyl (C=O) groups excluding carboxylic acids is 1. The Kier molecular flexibility index (Phi) is 5.04. The number of hydrogen-bond acceptors (Lipinski definition) is 6. The number of amides is 2. The molecule has 3 N–H and O–H groups in total. The maximum atomic E-state index is 11.7. The van der Waals surface area contributed by atoms with Crippen LogP contribution in [-0.2, 0) is 4.79 Å². The van der Waals surface area contributed by atoms with Crippen LogP contribution >= 0.6 is 11.3 Å². The molecule has 2 amide bonds. The largest absolute Gasteiger partial charge is 0.481 e. The lowest BCUT2D eigenvalue weighted by molar-refractivity contribution is -0.137. The van der Waals surface area contributed by atoms with Gasteiger partial charge in [-0.3, -0.25) is 10.1 Å². The fourth-order valence-electron chi connectivity index (χ4n) is 1.26. The molecular formula is C10H16N4O4S. The summed E-state index contributed by atoms with van der Waals surface area (Å²) in [6.07, 6.45) is 0.315. The first-order chi connectivity index (χ1) is 8.82. The van der Waals surface area contributed by atoms with E-state index in [1.807, 2.05) is 0 Å². The van der Waals surface area contributed by atoms with Crippen molar-refractivity contribution in [1.29, 1.82) is 0 Å². The average molecular weight is 288 g/mol. The van der Waals surface area contributed by atoms with E-state index in [1.54, 1.807) is 13.8 Å². The van der Waals surface area contributed by atoms with Crippen LogP contribution in [-0.4, -0.2) is 40.0 Å². The van der Waals surface area contributed by atoms with Crippen molar-refractivity contribution in [2.45, 2.75) is 32.2 Å². The Morgan fingerprint density at radius 1 is 1.42 bits per heavy atom. The smallest absolute Gasteiger partial charge is 0.321 e. The summed E-state index contributed by atoms with van der Waals surface area (Å²) in [7, 11) is 1.46. The number of nitrogens with zero attached hydrogens (tertiary/aromatic N) is 2. The molecule has 1 aromatic heterocycles. The highest BCUT2D eigenvalue weighted by Gasteiger charge is 2.22. The predicted octanol–water partition coefficient (Wildman–Crippen LogP) is 1.31. The summed E-state index contributed by atoms with van der Waals surface area (Å²) in [5, 5.41) is 21.8. The molecule has 1 heterocycles. The van der Waals surface area contributed by atoms with Gasteiger partial charge in [0.2, 0.25) is 5.13 Å². The van der Waals surface area contributed by atoms with Gasteiger partial charge in [-0.25, -0.2) is 4.79 Å². The first kappa shape index (κ1) is 15.2. The van der Waals surface area contributed by atoms with E-state index < -0.39 is 17.5 Å². The van der Waals surface area contributed by atoms with Crippen molar-refractivity contribution in [3.63, 3.8) is 0 Å². The normalized spacial score (nSPS) is 10.9. The number of aliphatic carboxylic acids is 1. The minimum Gasteiger partial charge on any atom is -0.481 e. The Balaban J connectivity index is 2.47. The molecule has 1 rings (SSSR count). The molecule has 19 heavy (non-hydrogen) atoms. The van der Waals surface area contributed by atoms with Crippen LogP contribution < -0.4 is 15.4 Å². The topological polar surface area (TPSA) is 113 Å². The lowest BCUT2D eigenvalue weighted by Crippen LogP contribution is -2.45. The fourth-order valence-corrected chi connectivity index (χ4v) is 1.82. The molecule has 0 aliphatic carbocycles. The third-order valence-electron chi connectivity index (χ3n) is 2.22. The summed E-state index contributed by atoms with van der Waals surface area (Å²) in [5.41, 5.74) is -0.628. The zero-order chi connectivity index (χ0) is 14.5. The minimum absolute atomic E-state index is 0.0140. The number of carboxylic acids is 1. The van der Waals surface area contributed by atoms with Crippen LogP contribution in [0.5, 0.6) is 5.19 Å². The lowest BCUT2D eigenvalue weighted by atomic mass is 9.99. The van der Waals surface area contributed by atoms with Gasteiger partial charge >= 0.3 is 12.0 Å². The molecule has 0 atom stereocenters. The van der Waals surface area contributed by atoms with Gasteiger partial charge in [0.25, 0.3) is 5.19 Å². The third-order valence-corrected chi connectivity index (χ3v) is 3.02. The Labute approximate surface area is 114 Å². The summed E-state index contributed by atoms with van der Waals surface area (Å²) in [4.78, 5) is 22.2. The van der Waals surface area contributed by atoms with Crippen molar-refractivity contribution in [3.05, 3.63) is 0 Å². The zero-order valence-electron chi connectivity index (χ0n) is 10.9. The predicted molar refractivity (Wildman–Crippen MR) is 69.6 cm³/mol. The number of carboxylic acid groups (broad SMARTS) is 1. The van der Waals surface area contributed by atoms with Crippen molar-refractivity contribution < 1.29 is 19.4 Å². The van der Waals surface area contributed by atoms with E-state index >= 15 is 0 Å². The van der Waals surface area contributed by atoms with Crippen molar-refractivity contribution in [3.8, 4) is 5.19 Å². The van der Waals surface area contributed by atoms with Gasteiger partial charge in [0.15, 0.2) is 0 Å². The zero-order valence-corrected chi connectivity index (χ0v) is 11.7. The molecule has 1 aromatic rings. The van der Waals surface area contributed by atoms with E-state index in [4.69, 9.17) is 9.84 Å². The maximum Gasteiger partial charge on any atom is 0.321 e. The summed E-state index contributed by atoms with van der Waals surface area (Å²) >= 11 is 1.09. The summed E-state index contributed by atoms with van der Waals surface area (Å²) in [6, 6.07) is -0.464. The number of urea groups is 1. The number of hydrogen-bond donors (Lipinski definition) is 3. The van der Waals surface area contributed by atoms with E-state index in [2.05, 4.69) is 20.8 Å². The Hall–Kier alpha value is -1.90. The standard InChI is InChI=1S/C10H16N4O4S/c1-10(2,5-4-6(15)16)12-7(17)11-8-13-14-9(18-3)19-8/h4-5H2,1-3H3,(H,15,16)(H2,11,12,13,17). The molecule has 0 spiro atoms. The van der Waals surface area contributed by atoms with Crippen LogP contribution in [0.25, 0.3) is 0 Å². The highest BCUT2D eigenvalue weighted by atomic mass is 32.1. The number of aromatic nitrogens is 2. The molecule has 0 aromatic carbocycles. The molecule has 0 unspecified atom stereocenters. The quantitative estimate of drug-likeness (QED) is 0.727. The molecule has 0 fully saturated rings. The molecule has 0 aliphatic rings. The van der Waals surface area contributed by atoms with Crippen LogP contribution in [0.1, 0.15) is 26.7 Å². The maximum absolute atomic E-state index is 11.7. The Morgan fingerprint density at radius 2 is 2.11 bits per heavy atom. The van der Waals surface area contributed by atoms with Crippen LogP contribution in [0.3, 0.4) is 0 Å². The van der Waals surface area contributed by atoms with Gasteiger partial charge in [-0.2, -0.15) is 0 Å². The van der Waals surface area contributed by atoms with Gasteiger partial charge < -0.3 is 15.2 Å². The minimum atomic E-state index is -0.899. The van der Waals surface area contributed by atoms with Crippen LogP contribution in [0, 0.1) is 0 Å². The van der Waals surface area contributed by atoms with Gasteiger partial charge in [-0.1, -0.05) is 5.10 Å². The first-order valence-corrected chi connectivity index (χ1v) is 6.32. The third kappa shape index (κ3) is 5.51. The SMILES string of the molecule is COc1nnc(NC(=O)NC(C)(C)CCC(=O)O)s1. The molecule has 0 bridgehead atoms. The number of methoxy groups -OCH3 is 1.